The second kappa shape index (κ2) is 15.0. The molecule has 1 aliphatic heterocycles. The molecule has 2 aromatic carbocycles. The van der Waals surface area contributed by atoms with Crippen molar-refractivity contribution in [3.05, 3.63) is 72.2 Å². The van der Waals surface area contributed by atoms with Gasteiger partial charge in [0.05, 0.1) is 24.9 Å². The van der Waals surface area contributed by atoms with E-state index in [1.54, 1.807) is 24.3 Å². The number of imidazole rings is 1. The quantitative estimate of drug-likeness (QED) is 0.137. The summed E-state index contributed by atoms with van der Waals surface area (Å²) in [7, 11) is -4.67. The molecule has 1 saturated heterocycles. The number of unbranched alkanes of at least 4 members (excludes halogenated alkanes) is 3. The summed E-state index contributed by atoms with van der Waals surface area (Å²) < 4.78 is 40.5. The van der Waals surface area contributed by atoms with Crippen molar-refractivity contribution in [2.75, 3.05) is 11.9 Å². The van der Waals surface area contributed by atoms with E-state index in [2.05, 4.69) is 17.2 Å². The molecule has 246 valence electrons. The van der Waals surface area contributed by atoms with Gasteiger partial charge in [-0.15, -0.1) is 0 Å². The van der Waals surface area contributed by atoms with Crippen molar-refractivity contribution in [1.82, 2.24) is 14.5 Å². The second-order valence-electron chi connectivity index (χ2n) is 11.0. The summed E-state index contributed by atoms with van der Waals surface area (Å²) in [6, 6.07) is 9.55. The van der Waals surface area contributed by atoms with Gasteiger partial charge in [-0.05, 0) is 36.2 Å². The number of rotatable bonds is 15. The van der Waals surface area contributed by atoms with Gasteiger partial charge in [0.15, 0.2) is 5.82 Å². The van der Waals surface area contributed by atoms with Gasteiger partial charge in [-0.3, -0.25) is 18.9 Å². The van der Waals surface area contributed by atoms with Crippen LogP contribution < -0.4 is 10.1 Å². The van der Waals surface area contributed by atoms with Gasteiger partial charge in [0.25, 0.3) is 16.0 Å². The van der Waals surface area contributed by atoms with E-state index in [-0.39, 0.29) is 30.8 Å². The molecular formula is C31H36N4O10S. The van der Waals surface area contributed by atoms with E-state index in [1.807, 2.05) is 0 Å². The van der Waals surface area contributed by atoms with E-state index in [0.717, 1.165) is 25.3 Å². The third kappa shape index (κ3) is 8.69. The van der Waals surface area contributed by atoms with E-state index >= 15 is 0 Å². The molecule has 1 aliphatic rings. The van der Waals surface area contributed by atoms with E-state index in [4.69, 9.17) is 9.84 Å². The molecule has 0 bridgehead atoms. The first-order chi connectivity index (χ1) is 21.9. The molecule has 1 aromatic heterocycles. The number of carboxylic acid groups (broad SMARTS) is 2. The van der Waals surface area contributed by atoms with Crippen molar-refractivity contribution in [2.45, 2.75) is 75.0 Å². The standard InChI is InChI=1S/C31H36N4O10S/c1-2-3-4-5-9-24(34-18-27(32-19-34)33-29(38)23-8-6-7-10-26(23)46(42,43)44)30(39)35-17-22(16-25(35)31(40)41)45-21-13-11-20(12-14-21)15-28(36)37/h6-8,10-14,18-19,22,24-25H,2-5,9,15-17H2,1H3,(H,33,38)(H,36,37)(H,40,41)(H,42,43,44)/t22?,24-,25+/m1/s1. The van der Waals surface area contributed by atoms with Gasteiger partial charge in [-0.1, -0.05) is 56.9 Å². The largest absolute Gasteiger partial charge is 0.488 e. The van der Waals surface area contributed by atoms with Crippen LogP contribution in [0.4, 0.5) is 5.82 Å². The highest BCUT2D eigenvalue weighted by Crippen LogP contribution is 2.29. The number of hydrogen-bond donors (Lipinski definition) is 4. The average molecular weight is 657 g/mol. The Morgan fingerprint density at radius 1 is 1.04 bits per heavy atom. The predicted octanol–water partition coefficient (Wildman–Crippen LogP) is 3.65. The third-order valence-electron chi connectivity index (χ3n) is 7.64. The van der Waals surface area contributed by atoms with Gasteiger partial charge < -0.3 is 29.7 Å². The van der Waals surface area contributed by atoms with E-state index in [1.165, 1.54) is 40.2 Å². The maximum atomic E-state index is 14.0. The number of ether oxygens (including phenoxy) is 1. The number of anilines is 1. The minimum atomic E-state index is -4.67. The number of aliphatic carboxylic acids is 2. The first-order valence-corrected chi connectivity index (χ1v) is 16.2. The van der Waals surface area contributed by atoms with Crippen molar-refractivity contribution in [3.8, 4) is 5.75 Å². The normalized spacial score (nSPS) is 17.0. The van der Waals surface area contributed by atoms with Crippen LogP contribution in [0, 0.1) is 0 Å². The Hall–Kier alpha value is -4.76. The third-order valence-corrected chi connectivity index (χ3v) is 8.55. The number of hydrogen-bond acceptors (Lipinski definition) is 8. The van der Waals surface area contributed by atoms with Gasteiger partial charge in [0.1, 0.15) is 28.8 Å². The molecule has 14 nitrogen and oxygen atoms in total. The van der Waals surface area contributed by atoms with Crippen molar-refractivity contribution < 1.29 is 47.1 Å². The number of carbonyl (C=O) groups is 4. The Morgan fingerprint density at radius 3 is 2.41 bits per heavy atom. The smallest absolute Gasteiger partial charge is 0.326 e. The van der Waals surface area contributed by atoms with Gasteiger partial charge in [0, 0.05) is 12.6 Å². The molecule has 0 saturated carbocycles. The van der Waals surface area contributed by atoms with Crippen molar-refractivity contribution in [3.63, 3.8) is 0 Å². The van der Waals surface area contributed by atoms with Gasteiger partial charge in [0.2, 0.25) is 5.91 Å². The molecule has 0 spiro atoms. The topological polar surface area (TPSA) is 205 Å². The van der Waals surface area contributed by atoms with Gasteiger partial charge >= 0.3 is 11.9 Å². The first kappa shape index (κ1) is 34.1. The Morgan fingerprint density at radius 2 is 1.76 bits per heavy atom. The molecule has 4 N–H and O–H groups in total. The fourth-order valence-electron chi connectivity index (χ4n) is 5.40. The fourth-order valence-corrected chi connectivity index (χ4v) is 6.09. The van der Waals surface area contributed by atoms with Crippen LogP contribution in [-0.2, 0) is 30.9 Å². The summed E-state index contributed by atoms with van der Waals surface area (Å²) in [6.45, 7) is 2.05. The average Bonchev–Trinajstić information content (AvgIpc) is 3.64. The van der Waals surface area contributed by atoms with Crippen LogP contribution in [0.5, 0.6) is 5.75 Å². The maximum Gasteiger partial charge on any atom is 0.326 e. The summed E-state index contributed by atoms with van der Waals surface area (Å²) in [5.74, 6) is -3.02. The molecule has 3 atom stereocenters. The lowest BCUT2D eigenvalue weighted by Crippen LogP contribution is -2.44. The monoisotopic (exact) mass is 656 g/mol. The summed E-state index contributed by atoms with van der Waals surface area (Å²) in [4.78, 5) is 55.0. The minimum Gasteiger partial charge on any atom is -0.488 e. The zero-order valence-electron chi connectivity index (χ0n) is 25.1. The zero-order chi connectivity index (χ0) is 33.4. The fraction of sp³-hybridized carbons (Fsp3) is 0.387. The van der Waals surface area contributed by atoms with Crippen molar-refractivity contribution >= 4 is 39.7 Å². The number of nitrogens with one attached hydrogen (secondary N) is 1. The summed E-state index contributed by atoms with van der Waals surface area (Å²) in [6.07, 6.45) is 5.81. The molecule has 4 rings (SSSR count). The van der Waals surface area contributed by atoms with E-state index in [9.17, 15) is 37.3 Å². The Balaban J connectivity index is 1.53. The molecule has 1 unspecified atom stereocenters. The molecular weight excluding hydrogens is 620 g/mol. The van der Waals surface area contributed by atoms with Crippen LogP contribution in [0.15, 0.2) is 66.0 Å². The first-order valence-electron chi connectivity index (χ1n) is 14.8. The molecule has 0 aliphatic carbocycles. The van der Waals surface area contributed by atoms with Crippen LogP contribution in [0.2, 0.25) is 0 Å². The van der Waals surface area contributed by atoms with Crippen LogP contribution in [0.1, 0.15) is 67.4 Å². The van der Waals surface area contributed by atoms with Crippen LogP contribution >= 0.6 is 0 Å². The molecule has 0 radical (unpaired) electrons. The molecule has 3 aromatic rings. The van der Waals surface area contributed by atoms with E-state index < -0.39 is 57.0 Å². The number of carboxylic acids is 2. The van der Waals surface area contributed by atoms with E-state index in [0.29, 0.717) is 24.2 Å². The van der Waals surface area contributed by atoms with Crippen molar-refractivity contribution in [1.29, 1.82) is 0 Å². The Bertz CT molecular complexity index is 1670. The van der Waals surface area contributed by atoms with Gasteiger partial charge in [-0.25, -0.2) is 9.78 Å². The molecule has 2 heterocycles. The number of carbonyl (C=O) groups excluding carboxylic acids is 2. The van der Waals surface area contributed by atoms with Crippen LogP contribution in [0.3, 0.4) is 0 Å². The Labute approximate surface area is 265 Å². The van der Waals surface area contributed by atoms with Crippen LogP contribution in [-0.4, -0.2) is 80.1 Å². The Kier molecular flexibility index (Phi) is 11.1. The lowest BCUT2D eigenvalue weighted by Gasteiger charge is -2.27. The number of aromatic nitrogens is 2. The highest BCUT2D eigenvalue weighted by atomic mass is 32.2. The molecule has 46 heavy (non-hydrogen) atoms. The van der Waals surface area contributed by atoms with Crippen molar-refractivity contribution in [2.24, 2.45) is 0 Å². The lowest BCUT2D eigenvalue weighted by atomic mass is 10.1. The number of nitrogens with zero attached hydrogens (tertiary/aromatic N) is 3. The summed E-state index contributed by atoms with van der Waals surface area (Å²) in [5.41, 5.74) is 0.284. The number of benzene rings is 2. The van der Waals surface area contributed by atoms with Gasteiger partial charge in [-0.2, -0.15) is 8.42 Å². The molecule has 1 fully saturated rings. The maximum absolute atomic E-state index is 14.0. The SMILES string of the molecule is CCCCCC[C@H](C(=O)N1CC(Oc2ccc(CC(=O)O)cc2)C[C@H]1C(=O)O)n1cnc(NC(=O)c2ccccc2S(=O)(=O)O)c1. The summed E-state index contributed by atoms with van der Waals surface area (Å²) in [5, 5.41) is 21.5. The highest BCUT2D eigenvalue weighted by Gasteiger charge is 2.43. The number of likely N-dealkylation sites (tertiary alicyclic amines) is 1. The minimum absolute atomic E-state index is 0.00282. The van der Waals surface area contributed by atoms with Crippen LogP contribution in [0.25, 0.3) is 0 Å². The second-order valence-corrected chi connectivity index (χ2v) is 12.4. The molecule has 15 heteroatoms. The highest BCUT2D eigenvalue weighted by molar-refractivity contribution is 7.86. The summed E-state index contributed by atoms with van der Waals surface area (Å²) >= 11 is 0. The zero-order valence-corrected chi connectivity index (χ0v) is 25.9. The molecule has 2 amide bonds. The number of amides is 2. The lowest BCUT2D eigenvalue weighted by molar-refractivity contribution is -0.149. The predicted molar refractivity (Wildman–Crippen MR) is 164 cm³/mol.